The summed E-state index contributed by atoms with van der Waals surface area (Å²) < 4.78 is 0. The number of rotatable bonds is 6. The zero-order chi connectivity index (χ0) is 19.9. The average Bonchev–Trinajstić information content (AvgIpc) is 3.40. The Labute approximate surface area is 192 Å². The number of halogens is 1. The average molecular weight is 513 g/mol. The maximum atomic E-state index is 12.0. The van der Waals surface area contributed by atoms with Crippen LogP contribution in [-0.2, 0) is 4.79 Å². The second-order valence-electron chi connectivity index (χ2n) is 8.23. The summed E-state index contributed by atoms with van der Waals surface area (Å²) in [4.78, 5) is 20.6. The molecule has 7 heteroatoms. The number of nitrogens with zero attached hydrogens (tertiary/aromatic N) is 3. The Morgan fingerprint density at radius 3 is 2.55 bits per heavy atom. The van der Waals surface area contributed by atoms with E-state index in [0.29, 0.717) is 6.04 Å². The molecule has 1 aromatic carbocycles. The monoisotopic (exact) mass is 513 g/mol. The van der Waals surface area contributed by atoms with Crippen LogP contribution in [0.4, 0.5) is 5.69 Å². The maximum absolute atomic E-state index is 12.0. The smallest absolute Gasteiger partial charge is 0.243 e. The van der Waals surface area contributed by atoms with Crippen LogP contribution in [0.25, 0.3) is 0 Å². The molecular formula is C22H36IN5O. The highest BCUT2D eigenvalue weighted by Gasteiger charge is 2.19. The number of guanidine groups is 1. The van der Waals surface area contributed by atoms with Gasteiger partial charge in [-0.15, -0.1) is 24.0 Å². The Balaban J connectivity index is 0.00000300. The summed E-state index contributed by atoms with van der Waals surface area (Å²) in [6.45, 7) is 4.61. The van der Waals surface area contributed by atoms with Gasteiger partial charge in [0.15, 0.2) is 5.96 Å². The molecule has 0 radical (unpaired) electrons. The number of amides is 1. The highest BCUT2D eigenvalue weighted by molar-refractivity contribution is 14.0. The van der Waals surface area contributed by atoms with Crippen LogP contribution in [0, 0.1) is 0 Å². The molecule has 0 aromatic heterocycles. The molecule has 162 valence electrons. The number of hydrogen-bond acceptors (Lipinski definition) is 3. The zero-order valence-corrected chi connectivity index (χ0v) is 20.3. The second-order valence-corrected chi connectivity index (χ2v) is 8.23. The molecule has 1 atom stereocenters. The van der Waals surface area contributed by atoms with Gasteiger partial charge in [-0.2, -0.15) is 0 Å². The molecule has 1 saturated heterocycles. The van der Waals surface area contributed by atoms with Crippen molar-refractivity contribution in [2.45, 2.75) is 57.5 Å². The molecule has 0 spiro atoms. The number of aliphatic imine (C=N–C) groups is 1. The molecule has 2 aliphatic rings. The number of carbonyl (C=O) groups is 1. The van der Waals surface area contributed by atoms with Crippen molar-refractivity contribution >= 4 is 41.5 Å². The summed E-state index contributed by atoms with van der Waals surface area (Å²) in [5.41, 5.74) is 2.54. The highest BCUT2D eigenvalue weighted by Crippen LogP contribution is 2.24. The molecule has 1 aliphatic heterocycles. The minimum Gasteiger partial charge on any atom is -0.372 e. The van der Waals surface area contributed by atoms with E-state index in [2.05, 4.69) is 51.7 Å². The molecule has 3 rings (SSSR count). The molecule has 1 heterocycles. The molecule has 0 bridgehead atoms. The lowest BCUT2D eigenvalue weighted by Gasteiger charge is -2.24. The van der Waals surface area contributed by atoms with Crippen LogP contribution in [0.2, 0.25) is 0 Å². The first-order chi connectivity index (χ1) is 13.5. The van der Waals surface area contributed by atoms with E-state index in [1.54, 1.807) is 19.0 Å². The number of hydrogen-bond donors (Lipinski definition) is 2. The van der Waals surface area contributed by atoms with Crippen LogP contribution in [0.3, 0.4) is 0 Å². The topological polar surface area (TPSA) is 60.0 Å². The van der Waals surface area contributed by atoms with Crippen molar-refractivity contribution in [3.63, 3.8) is 0 Å². The second kappa shape index (κ2) is 11.6. The van der Waals surface area contributed by atoms with Crippen LogP contribution in [0.15, 0.2) is 29.3 Å². The summed E-state index contributed by atoms with van der Waals surface area (Å²) in [7, 11) is 3.53. The van der Waals surface area contributed by atoms with E-state index in [1.165, 1.54) is 49.8 Å². The lowest BCUT2D eigenvalue weighted by Crippen LogP contribution is -2.44. The van der Waals surface area contributed by atoms with E-state index in [1.807, 2.05) is 0 Å². The van der Waals surface area contributed by atoms with E-state index in [0.717, 1.165) is 19.0 Å². The Morgan fingerprint density at radius 1 is 1.21 bits per heavy atom. The van der Waals surface area contributed by atoms with Crippen molar-refractivity contribution in [1.82, 2.24) is 15.5 Å². The first-order valence-electron chi connectivity index (χ1n) is 10.7. The number of nitrogens with one attached hydrogen (secondary N) is 2. The van der Waals surface area contributed by atoms with Gasteiger partial charge >= 0.3 is 0 Å². The predicted octanol–water partition coefficient (Wildman–Crippen LogP) is 3.53. The van der Waals surface area contributed by atoms with Crippen molar-refractivity contribution in [3.05, 3.63) is 29.8 Å². The highest BCUT2D eigenvalue weighted by atomic mass is 127. The predicted molar refractivity (Wildman–Crippen MR) is 131 cm³/mol. The van der Waals surface area contributed by atoms with E-state index in [-0.39, 0.29) is 42.5 Å². The van der Waals surface area contributed by atoms with Gasteiger partial charge in [0.2, 0.25) is 5.91 Å². The van der Waals surface area contributed by atoms with Gasteiger partial charge in [0.05, 0.1) is 6.04 Å². The standard InChI is InChI=1S/C22H35N5O.HI/c1-17(18-9-8-12-20(15-18)27-13-6-7-14-27)24-22(23-16-21(28)26(2)3)25-19-10-4-5-11-19;/h8-9,12,15,17,19H,4-7,10-11,13-14,16H2,1-3H3,(H2,23,24,25);1H. The molecule has 2 fully saturated rings. The molecule has 1 unspecified atom stereocenters. The summed E-state index contributed by atoms with van der Waals surface area (Å²) >= 11 is 0. The normalized spacial score (nSPS) is 18.3. The van der Waals surface area contributed by atoms with Gasteiger partial charge in [0.25, 0.3) is 0 Å². The minimum atomic E-state index is 0. The quantitative estimate of drug-likeness (QED) is 0.347. The van der Waals surface area contributed by atoms with Gasteiger partial charge in [0, 0.05) is 38.9 Å². The maximum Gasteiger partial charge on any atom is 0.243 e. The molecule has 2 N–H and O–H groups in total. The van der Waals surface area contributed by atoms with Gasteiger partial charge in [-0.1, -0.05) is 25.0 Å². The van der Waals surface area contributed by atoms with Gasteiger partial charge < -0.3 is 20.4 Å². The fourth-order valence-corrected chi connectivity index (χ4v) is 3.94. The van der Waals surface area contributed by atoms with Crippen LogP contribution in [0.1, 0.15) is 57.1 Å². The van der Waals surface area contributed by atoms with Gasteiger partial charge in [0.1, 0.15) is 6.54 Å². The lowest BCUT2D eigenvalue weighted by molar-refractivity contribution is -0.127. The van der Waals surface area contributed by atoms with Crippen LogP contribution in [-0.4, -0.2) is 56.5 Å². The summed E-state index contributed by atoms with van der Waals surface area (Å²) in [6, 6.07) is 9.34. The first-order valence-corrected chi connectivity index (χ1v) is 10.7. The summed E-state index contributed by atoms with van der Waals surface area (Å²) in [5, 5.41) is 7.06. The lowest BCUT2D eigenvalue weighted by atomic mass is 10.1. The number of anilines is 1. The number of likely N-dealkylation sites (N-methyl/N-ethyl adjacent to an activating group) is 1. The Hall–Kier alpha value is -1.51. The number of benzene rings is 1. The van der Waals surface area contributed by atoms with Crippen LogP contribution >= 0.6 is 24.0 Å². The zero-order valence-electron chi connectivity index (χ0n) is 18.0. The van der Waals surface area contributed by atoms with Crippen molar-refractivity contribution in [3.8, 4) is 0 Å². The molecule has 6 nitrogen and oxygen atoms in total. The van der Waals surface area contributed by atoms with Crippen LogP contribution in [0.5, 0.6) is 0 Å². The van der Waals surface area contributed by atoms with Gasteiger partial charge in [-0.3, -0.25) is 4.79 Å². The fourth-order valence-electron chi connectivity index (χ4n) is 3.94. The molecule has 1 aliphatic carbocycles. The third kappa shape index (κ3) is 7.04. The molecular weight excluding hydrogens is 477 g/mol. The van der Waals surface area contributed by atoms with Crippen molar-refractivity contribution in [2.24, 2.45) is 4.99 Å². The van der Waals surface area contributed by atoms with Crippen molar-refractivity contribution in [1.29, 1.82) is 0 Å². The first kappa shape index (κ1) is 23.8. The molecule has 1 amide bonds. The minimum absolute atomic E-state index is 0. The third-order valence-electron chi connectivity index (χ3n) is 5.76. The largest absolute Gasteiger partial charge is 0.372 e. The molecule has 29 heavy (non-hydrogen) atoms. The van der Waals surface area contributed by atoms with E-state index in [9.17, 15) is 4.79 Å². The molecule has 1 saturated carbocycles. The van der Waals surface area contributed by atoms with Crippen LogP contribution < -0.4 is 15.5 Å². The summed E-state index contributed by atoms with van der Waals surface area (Å²) in [5.74, 6) is 0.748. The Bertz CT molecular complexity index is 682. The van der Waals surface area contributed by atoms with E-state index >= 15 is 0 Å². The van der Waals surface area contributed by atoms with Gasteiger partial charge in [-0.25, -0.2) is 4.99 Å². The SMILES string of the molecule is CC(NC(=NCC(=O)N(C)C)NC1CCCC1)c1cccc(N2CCCC2)c1.I. The third-order valence-corrected chi connectivity index (χ3v) is 5.76. The van der Waals surface area contributed by atoms with Crippen molar-refractivity contribution < 1.29 is 4.79 Å². The summed E-state index contributed by atoms with van der Waals surface area (Å²) in [6.07, 6.45) is 7.41. The fraction of sp³-hybridized carbons (Fsp3) is 0.636. The van der Waals surface area contributed by atoms with E-state index < -0.39 is 0 Å². The number of carbonyl (C=O) groups excluding carboxylic acids is 1. The van der Waals surface area contributed by atoms with Crippen molar-refractivity contribution in [2.75, 3.05) is 38.6 Å². The van der Waals surface area contributed by atoms with Gasteiger partial charge in [-0.05, 0) is 50.3 Å². The molecule has 1 aromatic rings. The Morgan fingerprint density at radius 2 is 1.90 bits per heavy atom. The Kier molecular flexibility index (Phi) is 9.52. The van der Waals surface area contributed by atoms with E-state index in [4.69, 9.17) is 0 Å².